The van der Waals surface area contributed by atoms with Gasteiger partial charge >= 0.3 is 0 Å². The van der Waals surface area contributed by atoms with Crippen molar-refractivity contribution in [2.75, 3.05) is 26.1 Å². The summed E-state index contributed by atoms with van der Waals surface area (Å²) in [7, 11) is 3.22. The van der Waals surface area contributed by atoms with E-state index in [2.05, 4.69) is 10.3 Å². The number of nitrogens with one attached hydrogen (secondary N) is 1. The highest BCUT2D eigenvalue weighted by atomic mass is 32.1. The second-order valence-corrected chi connectivity index (χ2v) is 8.60. The van der Waals surface area contributed by atoms with Crippen molar-refractivity contribution in [3.05, 3.63) is 56.7 Å². The van der Waals surface area contributed by atoms with E-state index in [4.69, 9.17) is 9.47 Å². The summed E-state index contributed by atoms with van der Waals surface area (Å²) >= 11 is 2.69. The number of fused-ring (bicyclic) bond motifs is 1. The number of thiazole rings is 1. The molecule has 3 aromatic rings. The summed E-state index contributed by atoms with van der Waals surface area (Å²) in [6.07, 6.45) is 0.967. The quantitative estimate of drug-likeness (QED) is 0.630. The third kappa shape index (κ3) is 4.31. The van der Waals surface area contributed by atoms with E-state index in [-0.39, 0.29) is 18.2 Å². The molecule has 1 N–H and O–H groups in total. The van der Waals surface area contributed by atoms with Crippen LogP contribution in [-0.2, 0) is 24.2 Å². The summed E-state index contributed by atoms with van der Waals surface area (Å²) < 4.78 is 10.8. The molecule has 0 bridgehead atoms. The maximum Gasteiger partial charge on any atom is 0.267 e. The normalized spacial score (nSPS) is 12.9. The molecule has 7 nitrogen and oxygen atoms in total. The van der Waals surface area contributed by atoms with Crippen molar-refractivity contribution in [3.8, 4) is 11.5 Å². The Morgan fingerprint density at radius 3 is 2.63 bits per heavy atom. The Morgan fingerprint density at radius 2 is 1.93 bits per heavy atom. The third-order valence-corrected chi connectivity index (χ3v) is 6.60. The van der Waals surface area contributed by atoms with Crippen LogP contribution in [0.15, 0.2) is 35.0 Å². The van der Waals surface area contributed by atoms with Crippen LogP contribution in [0.25, 0.3) is 0 Å². The van der Waals surface area contributed by atoms with Gasteiger partial charge in [-0.15, -0.1) is 22.7 Å². The standard InChI is InChI=1S/C21H21N3O4S2/c1-27-16-8-13-5-6-24(11-14(13)9-17(16)28-2)19(25)10-15-12-30-21(22-15)23-20(26)18-4-3-7-29-18/h3-4,7-9,12H,5-6,10-11H2,1-2H3,(H,22,23,26). The first-order chi connectivity index (χ1) is 14.6. The fourth-order valence-corrected chi connectivity index (χ4v) is 4.70. The van der Waals surface area contributed by atoms with Crippen LogP contribution in [0.1, 0.15) is 26.5 Å². The molecule has 2 aromatic heterocycles. The van der Waals surface area contributed by atoms with Crippen LogP contribution in [0.4, 0.5) is 5.13 Å². The van der Waals surface area contributed by atoms with Crippen LogP contribution in [0.3, 0.4) is 0 Å². The van der Waals surface area contributed by atoms with Gasteiger partial charge in [0, 0.05) is 18.5 Å². The number of ether oxygens (including phenoxy) is 2. The van der Waals surface area contributed by atoms with Crippen LogP contribution in [-0.4, -0.2) is 42.5 Å². The fraction of sp³-hybridized carbons (Fsp3) is 0.286. The predicted octanol–water partition coefficient (Wildman–Crippen LogP) is 3.60. The first kappa shape index (κ1) is 20.4. The van der Waals surface area contributed by atoms with Crippen LogP contribution in [0.2, 0.25) is 0 Å². The van der Waals surface area contributed by atoms with Gasteiger partial charge in [0.25, 0.3) is 5.91 Å². The van der Waals surface area contributed by atoms with Gasteiger partial charge in [-0.25, -0.2) is 4.98 Å². The Morgan fingerprint density at radius 1 is 1.17 bits per heavy atom. The molecule has 0 spiro atoms. The first-order valence-corrected chi connectivity index (χ1v) is 11.1. The van der Waals surface area contributed by atoms with Gasteiger partial charge in [-0.1, -0.05) is 6.07 Å². The second kappa shape index (κ2) is 8.85. The van der Waals surface area contributed by atoms with Crippen LogP contribution < -0.4 is 14.8 Å². The van der Waals surface area contributed by atoms with Gasteiger partial charge in [0.05, 0.1) is 31.2 Å². The van der Waals surface area contributed by atoms with Gasteiger partial charge < -0.3 is 14.4 Å². The van der Waals surface area contributed by atoms with Crippen molar-refractivity contribution in [1.82, 2.24) is 9.88 Å². The zero-order valence-corrected chi connectivity index (χ0v) is 18.3. The van der Waals surface area contributed by atoms with E-state index in [1.807, 2.05) is 33.9 Å². The number of thiophene rings is 1. The second-order valence-electron chi connectivity index (χ2n) is 6.79. The smallest absolute Gasteiger partial charge is 0.267 e. The number of amides is 2. The van der Waals surface area contributed by atoms with E-state index in [1.54, 1.807) is 20.3 Å². The van der Waals surface area contributed by atoms with E-state index in [1.165, 1.54) is 28.2 Å². The van der Waals surface area contributed by atoms with Crippen LogP contribution in [0, 0.1) is 0 Å². The minimum atomic E-state index is -0.186. The van der Waals surface area contributed by atoms with Crippen molar-refractivity contribution in [3.63, 3.8) is 0 Å². The van der Waals surface area contributed by atoms with Gasteiger partial charge in [0.2, 0.25) is 5.91 Å². The minimum Gasteiger partial charge on any atom is -0.493 e. The zero-order valence-electron chi connectivity index (χ0n) is 16.6. The summed E-state index contributed by atoms with van der Waals surface area (Å²) in [6.45, 7) is 1.17. The van der Waals surface area contributed by atoms with E-state index in [9.17, 15) is 9.59 Å². The number of benzene rings is 1. The van der Waals surface area contributed by atoms with Crippen molar-refractivity contribution in [2.45, 2.75) is 19.4 Å². The molecule has 2 amide bonds. The number of anilines is 1. The minimum absolute atomic E-state index is 0.0110. The molecule has 0 fully saturated rings. The average molecular weight is 444 g/mol. The Labute approximate surface area is 182 Å². The highest BCUT2D eigenvalue weighted by Crippen LogP contribution is 2.33. The topological polar surface area (TPSA) is 80.8 Å². The lowest BCUT2D eigenvalue weighted by Gasteiger charge is -2.29. The highest BCUT2D eigenvalue weighted by molar-refractivity contribution is 7.14. The molecule has 30 heavy (non-hydrogen) atoms. The van der Waals surface area contributed by atoms with Crippen LogP contribution in [0.5, 0.6) is 11.5 Å². The number of hydrogen-bond acceptors (Lipinski definition) is 7. The Balaban J connectivity index is 1.39. The molecule has 1 aliphatic rings. The monoisotopic (exact) mass is 443 g/mol. The summed E-state index contributed by atoms with van der Waals surface area (Å²) in [5.41, 5.74) is 2.89. The van der Waals surface area contributed by atoms with Crippen LogP contribution >= 0.6 is 22.7 Å². The number of rotatable bonds is 6. The molecule has 3 heterocycles. The average Bonchev–Trinajstić information content (AvgIpc) is 3.44. The molecule has 0 unspecified atom stereocenters. The molecular formula is C21H21N3O4S2. The number of carbonyl (C=O) groups excluding carboxylic acids is 2. The zero-order chi connectivity index (χ0) is 21.1. The van der Waals surface area contributed by atoms with Crippen molar-refractivity contribution < 1.29 is 19.1 Å². The van der Waals surface area contributed by atoms with E-state index in [0.29, 0.717) is 40.3 Å². The number of carbonyl (C=O) groups is 2. The molecule has 0 saturated heterocycles. The SMILES string of the molecule is COc1cc2c(cc1OC)CN(C(=O)Cc1csc(NC(=O)c3cccs3)n1)CC2. The van der Waals surface area contributed by atoms with E-state index < -0.39 is 0 Å². The van der Waals surface area contributed by atoms with Gasteiger partial charge in [-0.2, -0.15) is 0 Å². The fourth-order valence-electron chi connectivity index (χ4n) is 3.37. The molecule has 0 atom stereocenters. The Kier molecular flexibility index (Phi) is 6.01. The lowest BCUT2D eigenvalue weighted by atomic mass is 9.98. The summed E-state index contributed by atoms with van der Waals surface area (Å²) in [6, 6.07) is 7.51. The molecule has 156 valence electrons. The molecule has 1 aliphatic heterocycles. The Bertz CT molecular complexity index is 1060. The van der Waals surface area contributed by atoms with Crippen molar-refractivity contribution in [2.24, 2.45) is 0 Å². The number of aromatic nitrogens is 1. The molecule has 1 aromatic carbocycles. The summed E-state index contributed by atoms with van der Waals surface area (Å²) in [5.74, 6) is 1.19. The number of methoxy groups -OCH3 is 2. The van der Waals surface area contributed by atoms with E-state index >= 15 is 0 Å². The van der Waals surface area contributed by atoms with Gasteiger partial charge in [0.15, 0.2) is 16.6 Å². The Hall–Kier alpha value is -2.91. The molecule has 0 radical (unpaired) electrons. The van der Waals surface area contributed by atoms with Crippen molar-refractivity contribution >= 4 is 39.6 Å². The third-order valence-electron chi connectivity index (χ3n) is 4.92. The van der Waals surface area contributed by atoms with Gasteiger partial charge in [-0.3, -0.25) is 14.9 Å². The predicted molar refractivity (Wildman–Crippen MR) is 117 cm³/mol. The maximum atomic E-state index is 12.8. The molecule has 0 aliphatic carbocycles. The number of hydrogen-bond donors (Lipinski definition) is 1. The lowest BCUT2D eigenvalue weighted by Crippen LogP contribution is -2.37. The maximum absolute atomic E-state index is 12.8. The van der Waals surface area contributed by atoms with Gasteiger partial charge in [-0.05, 0) is 41.1 Å². The lowest BCUT2D eigenvalue weighted by molar-refractivity contribution is -0.131. The first-order valence-electron chi connectivity index (χ1n) is 9.38. The highest BCUT2D eigenvalue weighted by Gasteiger charge is 2.23. The van der Waals surface area contributed by atoms with E-state index in [0.717, 1.165) is 12.0 Å². The van der Waals surface area contributed by atoms with Crippen molar-refractivity contribution in [1.29, 1.82) is 0 Å². The largest absolute Gasteiger partial charge is 0.493 e. The molecule has 9 heteroatoms. The molecular weight excluding hydrogens is 422 g/mol. The molecule has 0 saturated carbocycles. The number of nitrogens with zero attached hydrogens (tertiary/aromatic N) is 2. The summed E-state index contributed by atoms with van der Waals surface area (Å²) in [4.78, 5) is 31.8. The molecule has 4 rings (SSSR count). The van der Waals surface area contributed by atoms with Gasteiger partial charge in [0.1, 0.15) is 0 Å². The summed E-state index contributed by atoms with van der Waals surface area (Å²) in [5, 5.41) is 6.94.